The number of carbonyl (C=O) groups excluding carboxylic acids is 2. The second-order valence-electron chi connectivity index (χ2n) is 5.87. The number of nitrogens with one attached hydrogen (secondary N) is 1. The number of carbonyl (C=O) groups is 2. The molecule has 1 fully saturated rings. The Balaban J connectivity index is 1.88. The second-order valence-corrected chi connectivity index (χ2v) is 6.25. The summed E-state index contributed by atoms with van der Waals surface area (Å²) in [7, 11) is 0. The minimum atomic E-state index is -0.486. The van der Waals surface area contributed by atoms with Crippen LogP contribution in [0.5, 0.6) is 0 Å². The molecule has 2 heterocycles. The van der Waals surface area contributed by atoms with Gasteiger partial charge in [-0.05, 0) is 26.0 Å². The summed E-state index contributed by atoms with van der Waals surface area (Å²) in [6.07, 6.45) is 0. The molecule has 130 valence electrons. The fraction of sp³-hybridized carbons (Fsp3) is 0.294. The van der Waals surface area contributed by atoms with Gasteiger partial charge < -0.3 is 16.0 Å². The van der Waals surface area contributed by atoms with Crippen molar-refractivity contribution in [3.63, 3.8) is 0 Å². The van der Waals surface area contributed by atoms with E-state index in [1.54, 1.807) is 43.0 Å². The summed E-state index contributed by atoms with van der Waals surface area (Å²) in [5.74, 6) is -0.182. The van der Waals surface area contributed by atoms with Gasteiger partial charge in [0, 0.05) is 24.2 Å². The second kappa shape index (κ2) is 6.68. The van der Waals surface area contributed by atoms with Crippen LogP contribution in [0.3, 0.4) is 0 Å². The Morgan fingerprint density at radius 3 is 2.68 bits per heavy atom. The van der Waals surface area contributed by atoms with Gasteiger partial charge in [-0.3, -0.25) is 9.59 Å². The highest BCUT2D eigenvalue weighted by molar-refractivity contribution is 6.33. The number of benzene rings is 1. The monoisotopic (exact) mass is 359 g/mol. The third-order valence-electron chi connectivity index (χ3n) is 4.20. The van der Waals surface area contributed by atoms with Gasteiger partial charge in [-0.15, -0.1) is 0 Å². The number of amides is 2. The van der Waals surface area contributed by atoms with Crippen molar-refractivity contribution >= 4 is 29.4 Å². The first-order valence-electron chi connectivity index (χ1n) is 7.87. The van der Waals surface area contributed by atoms with Crippen LogP contribution in [0.25, 0.3) is 11.3 Å². The fourth-order valence-corrected chi connectivity index (χ4v) is 2.96. The van der Waals surface area contributed by atoms with E-state index in [0.29, 0.717) is 35.1 Å². The molecule has 8 heteroatoms. The molecule has 25 heavy (non-hydrogen) atoms. The Kier molecular flexibility index (Phi) is 4.59. The molecule has 1 aliphatic heterocycles. The molecule has 1 unspecified atom stereocenters. The highest BCUT2D eigenvalue weighted by atomic mass is 35.5. The molecule has 2 amide bonds. The molecular formula is C17H18ClN5O2. The number of halogens is 1. The molecule has 0 radical (unpaired) electrons. The maximum Gasteiger partial charge on any atom is 0.254 e. The van der Waals surface area contributed by atoms with Crippen LogP contribution in [0.15, 0.2) is 24.3 Å². The molecule has 7 nitrogen and oxygen atoms in total. The molecule has 0 spiro atoms. The number of rotatable bonds is 2. The number of nitrogens with zero attached hydrogens (tertiary/aromatic N) is 3. The van der Waals surface area contributed by atoms with Crippen molar-refractivity contribution in [1.82, 2.24) is 20.2 Å². The van der Waals surface area contributed by atoms with Gasteiger partial charge in [-0.1, -0.05) is 23.7 Å². The zero-order valence-electron chi connectivity index (χ0n) is 13.9. The molecule has 0 saturated carbocycles. The van der Waals surface area contributed by atoms with E-state index in [4.69, 9.17) is 17.3 Å². The summed E-state index contributed by atoms with van der Waals surface area (Å²) in [4.78, 5) is 34.1. The maximum atomic E-state index is 12.7. The Bertz CT molecular complexity index is 838. The Hall–Kier alpha value is -2.67. The number of nitrogens with two attached hydrogens (primary N) is 1. The van der Waals surface area contributed by atoms with Crippen LogP contribution in [-0.4, -0.2) is 45.8 Å². The van der Waals surface area contributed by atoms with Crippen LogP contribution in [0.4, 0.5) is 5.95 Å². The molecule has 1 aromatic heterocycles. The molecule has 2 aromatic rings. The molecule has 1 atom stereocenters. The largest absolute Gasteiger partial charge is 0.368 e. The normalized spacial score (nSPS) is 17.3. The maximum absolute atomic E-state index is 12.7. The third kappa shape index (κ3) is 3.28. The first-order valence-corrected chi connectivity index (χ1v) is 8.25. The van der Waals surface area contributed by atoms with Crippen molar-refractivity contribution in [2.75, 3.05) is 18.8 Å². The molecule has 1 saturated heterocycles. The fourth-order valence-electron chi connectivity index (χ4n) is 2.77. The summed E-state index contributed by atoms with van der Waals surface area (Å²) < 4.78 is 0. The van der Waals surface area contributed by atoms with Crippen molar-refractivity contribution in [3.8, 4) is 11.3 Å². The minimum Gasteiger partial charge on any atom is -0.368 e. The van der Waals surface area contributed by atoms with Crippen LogP contribution in [-0.2, 0) is 4.79 Å². The Morgan fingerprint density at radius 2 is 2.00 bits per heavy atom. The van der Waals surface area contributed by atoms with Crippen molar-refractivity contribution in [1.29, 1.82) is 0 Å². The molecule has 0 bridgehead atoms. The summed E-state index contributed by atoms with van der Waals surface area (Å²) in [6, 6.07) is 6.42. The molecular weight excluding hydrogens is 342 g/mol. The minimum absolute atomic E-state index is 0.144. The van der Waals surface area contributed by atoms with E-state index in [0.717, 1.165) is 5.56 Å². The van der Waals surface area contributed by atoms with Gasteiger partial charge in [-0.2, -0.15) is 0 Å². The molecule has 0 aliphatic carbocycles. The standard InChI is InChI=1S/C17H18ClN5O2/c1-9-13(18)14(22-17(19)21-9)11-3-5-12(6-4-11)16(25)23-8-7-20-15(24)10(23)2/h3-6,10H,7-8H2,1-2H3,(H,20,24)(H2,19,21,22). The number of aryl methyl sites for hydroxylation is 1. The average Bonchev–Trinajstić information content (AvgIpc) is 2.60. The van der Waals surface area contributed by atoms with E-state index in [1.165, 1.54) is 0 Å². The molecule has 3 N–H and O–H groups in total. The predicted octanol–water partition coefficient (Wildman–Crippen LogP) is 1.65. The molecule has 3 rings (SSSR count). The smallest absolute Gasteiger partial charge is 0.254 e. The summed E-state index contributed by atoms with van der Waals surface area (Å²) in [5, 5.41) is 3.17. The van der Waals surface area contributed by atoms with Gasteiger partial charge in [0.15, 0.2) is 0 Å². The van der Waals surface area contributed by atoms with E-state index in [1.807, 2.05) is 0 Å². The third-order valence-corrected chi connectivity index (χ3v) is 4.65. The Morgan fingerprint density at radius 1 is 1.32 bits per heavy atom. The summed E-state index contributed by atoms with van der Waals surface area (Å²) in [6.45, 7) is 4.42. The zero-order valence-corrected chi connectivity index (χ0v) is 14.7. The zero-order chi connectivity index (χ0) is 18.1. The number of nitrogen functional groups attached to an aromatic ring is 1. The first kappa shape index (κ1) is 17.2. The van der Waals surface area contributed by atoms with Gasteiger partial charge in [0.05, 0.1) is 16.4 Å². The van der Waals surface area contributed by atoms with Gasteiger partial charge in [0.25, 0.3) is 5.91 Å². The lowest BCUT2D eigenvalue weighted by Crippen LogP contribution is -2.55. The van der Waals surface area contributed by atoms with Gasteiger partial charge in [0.2, 0.25) is 11.9 Å². The van der Waals surface area contributed by atoms with E-state index < -0.39 is 6.04 Å². The summed E-state index contributed by atoms with van der Waals surface area (Å²) in [5.41, 5.74) is 8.05. The van der Waals surface area contributed by atoms with E-state index in [9.17, 15) is 9.59 Å². The highest BCUT2D eigenvalue weighted by Gasteiger charge is 2.29. The number of piperazine rings is 1. The lowest BCUT2D eigenvalue weighted by atomic mass is 10.1. The number of aromatic nitrogens is 2. The van der Waals surface area contributed by atoms with Crippen molar-refractivity contribution in [2.45, 2.75) is 19.9 Å². The van der Waals surface area contributed by atoms with Crippen molar-refractivity contribution in [2.24, 2.45) is 0 Å². The van der Waals surface area contributed by atoms with Gasteiger partial charge in [-0.25, -0.2) is 9.97 Å². The summed E-state index contributed by atoms with van der Waals surface area (Å²) >= 11 is 6.26. The first-order chi connectivity index (χ1) is 11.9. The van der Waals surface area contributed by atoms with Crippen molar-refractivity contribution < 1.29 is 9.59 Å². The predicted molar refractivity (Wildman–Crippen MR) is 95.1 cm³/mol. The van der Waals surface area contributed by atoms with Crippen LogP contribution < -0.4 is 11.1 Å². The number of hydrogen-bond acceptors (Lipinski definition) is 5. The quantitative estimate of drug-likeness (QED) is 0.849. The molecule has 1 aromatic carbocycles. The van der Waals surface area contributed by atoms with Crippen LogP contribution in [0.2, 0.25) is 5.02 Å². The van der Waals surface area contributed by atoms with Crippen LogP contribution in [0.1, 0.15) is 23.0 Å². The number of anilines is 1. The highest BCUT2D eigenvalue weighted by Crippen LogP contribution is 2.28. The number of hydrogen-bond donors (Lipinski definition) is 2. The average molecular weight is 360 g/mol. The van der Waals surface area contributed by atoms with Gasteiger partial charge in [0.1, 0.15) is 6.04 Å². The lowest BCUT2D eigenvalue weighted by molar-refractivity contribution is -0.127. The van der Waals surface area contributed by atoms with E-state index >= 15 is 0 Å². The van der Waals surface area contributed by atoms with Crippen molar-refractivity contribution in [3.05, 3.63) is 40.5 Å². The van der Waals surface area contributed by atoms with Crippen LogP contribution in [0, 0.1) is 6.92 Å². The van der Waals surface area contributed by atoms with Crippen LogP contribution >= 0.6 is 11.6 Å². The SMILES string of the molecule is Cc1nc(N)nc(-c2ccc(C(=O)N3CCNC(=O)C3C)cc2)c1Cl. The van der Waals surface area contributed by atoms with E-state index in [-0.39, 0.29) is 17.8 Å². The van der Waals surface area contributed by atoms with E-state index in [2.05, 4.69) is 15.3 Å². The lowest BCUT2D eigenvalue weighted by Gasteiger charge is -2.32. The topological polar surface area (TPSA) is 101 Å². The molecule has 1 aliphatic rings. The Labute approximate surface area is 150 Å². The van der Waals surface area contributed by atoms with Gasteiger partial charge >= 0.3 is 0 Å².